The predicted molar refractivity (Wildman–Crippen MR) is 62.3 cm³/mol. The lowest BCUT2D eigenvalue weighted by atomic mass is 10.0. The van der Waals surface area contributed by atoms with E-state index >= 15 is 0 Å². The minimum atomic E-state index is -0.412. The number of hydrogen-bond donors (Lipinski definition) is 2. The zero-order valence-electron chi connectivity index (χ0n) is 10.4. The van der Waals surface area contributed by atoms with Crippen LogP contribution in [0.1, 0.15) is 46.5 Å². The number of ether oxygens (including phenoxy) is 1. The summed E-state index contributed by atoms with van der Waals surface area (Å²) in [5.41, 5.74) is -0.412. The summed E-state index contributed by atoms with van der Waals surface area (Å²) in [7, 11) is 0. The van der Waals surface area contributed by atoms with Gasteiger partial charge in [0.15, 0.2) is 0 Å². The van der Waals surface area contributed by atoms with Crippen molar-refractivity contribution in [2.24, 2.45) is 0 Å². The maximum absolute atomic E-state index is 11.6. The van der Waals surface area contributed by atoms with Gasteiger partial charge in [0.2, 0.25) is 0 Å². The number of carbonyl (C=O) groups excluding carboxylic acids is 1. The summed E-state index contributed by atoms with van der Waals surface area (Å²) in [4.78, 5) is 11.6. The van der Waals surface area contributed by atoms with E-state index in [9.17, 15) is 4.79 Å². The Kier molecular flexibility index (Phi) is 3.10. The fourth-order valence-corrected chi connectivity index (χ4v) is 2.61. The maximum Gasteiger partial charge on any atom is 0.407 e. The summed E-state index contributed by atoms with van der Waals surface area (Å²) in [5.74, 6) is 0. The smallest absolute Gasteiger partial charge is 0.407 e. The Labute approximate surface area is 97.1 Å². The first kappa shape index (κ1) is 11.7. The van der Waals surface area contributed by atoms with Crippen molar-refractivity contribution < 1.29 is 9.53 Å². The first-order valence-corrected chi connectivity index (χ1v) is 6.19. The lowest BCUT2D eigenvalue weighted by molar-refractivity contribution is 0.0484. The highest BCUT2D eigenvalue weighted by Crippen LogP contribution is 2.26. The highest BCUT2D eigenvalue weighted by atomic mass is 16.6. The van der Waals surface area contributed by atoms with Gasteiger partial charge < -0.3 is 15.4 Å². The van der Waals surface area contributed by atoms with Crippen LogP contribution < -0.4 is 10.6 Å². The molecule has 2 fully saturated rings. The van der Waals surface area contributed by atoms with E-state index < -0.39 is 5.60 Å². The zero-order valence-corrected chi connectivity index (χ0v) is 10.4. The van der Waals surface area contributed by atoms with Crippen molar-refractivity contribution >= 4 is 6.09 Å². The number of nitrogens with one attached hydrogen (secondary N) is 2. The van der Waals surface area contributed by atoms with Crippen LogP contribution in [0, 0.1) is 0 Å². The summed E-state index contributed by atoms with van der Waals surface area (Å²) < 4.78 is 5.27. The van der Waals surface area contributed by atoms with E-state index in [4.69, 9.17) is 4.74 Å². The van der Waals surface area contributed by atoms with Crippen molar-refractivity contribution in [1.82, 2.24) is 10.6 Å². The molecule has 0 saturated carbocycles. The summed E-state index contributed by atoms with van der Waals surface area (Å²) >= 11 is 0. The van der Waals surface area contributed by atoms with Crippen molar-refractivity contribution in [3.05, 3.63) is 0 Å². The fraction of sp³-hybridized carbons (Fsp3) is 0.917. The molecule has 4 heteroatoms. The average molecular weight is 226 g/mol. The SMILES string of the molecule is CC(C)(C)OC(=O)N[C@H]1CC[C@H]2CC[C@H]1N2. The van der Waals surface area contributed by atoms with Crippen molar-refractivity contribution in [2.45, 2.75) is 70.2 Å². The number of carbonyl (C=O) groups is 1. The molecule has 92 valence electrons. The Hall–Kier alpha value is -0.770. The first-order chi connectivity index (χ1) is 7.44. The number of hydrogen-bond acceptors (Lipinski definition) is 3. The maximum atomic E-state index is 11.6. The molecule has 3 atom stereocenters. The molecule has 16 heavy (non-hydrogen) atoms. The van der Waals surface area contributed by atoms with Crippen molar-refractivity contribution in [3.8, 4) is 0 Å². The molecule has 2 N–H and O–H groups in total. The third-order valence-corrected chi connectivity index (χ3v) is 3.29. The van der Waals surface area contributed by atoms with Gasteiger partial charge in [0.05, 0.1) is 0 Å². The summed E-state index contributed by atoms with van der Waals surface area (Å²) in [6, 6.07) is 1.38. The van der Waals surface area contributed by atoms with E-state index in [1.165, 1.54) is 12.8 Å². The molecule has 0 radical (unpaired) electrons. The van der Waals surface area contributed by atoms with Crippen LogP contribution in [0.2, 0.25) is 0 Å². The van der Waals surface area contributed by atoms with Crippen LogP contribution in [0.15, 0.2) is 0 Å². The molecule has 1 amide bonds. The quantitative estimate of drug-likeness (QED) is 0.716. The van der Waals surface area contributed by atoms with E-state index in [-0.39, 0.29) is 12.1 Å². The second kappa shape index (κ2) is 4.24. The van der Waals surface area contributed by atoms with Gasteiger partial charge in [-0.15, -0.1) is 0 Å². The highest BCUT2D eigenvalue weighted by Gasteiger charge is 2.36. The molecular weight excluding hydrogens is 204 g/mol. The zero-order chi connectivity index (χ0) is 11.8. The third-order valence-electron chi connectivity index (χ3n) is 3.29. The molecule has 0 spiro atoms. The van der Waals surface area contributed by atoms with Crippen LogP contribution in [0.5, 0.6) is 0 Å². The van der Waals surface area contributed by atoms with Crippen LogP contribution in [0.4, 0.5) is 4.79 Å². The van der Waals surface area contributed by atoms with E-state index in [2.05, 4.69) is 10.6 Å². The standard InChI is InChI=1S/C12H22N2O2/c1-12(2,3)16-11(15)14-10-7-5-8-4-6-9(10)13-8/h8-10,13H,4-7H2,1-3H3,(H,14,15)/t8-,9-,10+/m1/s1. The fourth-order valence-electron chi connectivity index (χ4n) is 2.61. The van der Waals surface area contributed by atoms with Gasteiger partial charge in [-0.05, 0) is 46.5 Å². The van der Waals surface area contributed by atoms with Gasteiger partial charge in [0.1, 0.15) is 5.60 Å². The molecule has 2 aliphatic rings. The van der Waals surface area contributed by atoms with Gasteiger partial charge in [-0.3, -0.25) is 0 Å². The third kappa shape index (κ3) is 2.88. The lowest BCUT2D eigenvalue weighted by Gasteiger charge is -2.31. The molecule has 0 aliphatic carbocycles. The lowest BCUT2D eigenvalue weighted by Crippen LogP contribution is -2.53. The Morgan fingerprint density at radius 3 is 2.62 bits per heavy atom. The molecule has 0 aromatic heterocycles. The molecule has 0 aromatic carbocycles. The van der Waals surface area contributed by atoms with Crippen molar-refractivity contribution in [1.29, 1.82) is 0 Å². The molecule has 4 nitrogen and oxygen atoms in total. The molecule has 2 heterocycles. The molecule has 0 unspecified atom stereocenters. The summed E-state index contributed by atoms with van der Waals surface area (Å²) in [6.45, 7) is 5.66. The number of rotatable bonds is 1. The van der Waals surface area contributed by atoms with E-state index in [1.54, 1.807) is 0 Å². The Bertz CT molecular complexity index is 273. The normalized spacial score (nSPS) is 33.6. The van der Waals surface area contributed by atoms with Crippen LogP contribution in [0.3, 0.4) is 0 Å². The van der Waals surface area contributed by atoms with Gasteiger partial charge in [-0.1, -0.05) is 0 Å². The van der Waals surface area contributed by atoms with Crippen molar-refractivity contribution in [3.63, 3.8) is 0 Å². The summed E-state index contributed by atoms with van der Waals surface area (Å²) in [5, 5.41) is 6.52. The van der Waals surface area contributed by atoms with Crippen LogP contribution >= 0.6 is 0 Å². The van der Waals surface area contributed by atoms with Crippen molar-refractivity contribution in [2.75, 3.05) is 0 Å². The molecular formula is C12H22N2O2. The number of amides is 1. The molecule has 2 saturated heterocycles. The van der Waals surface area contributed by atoms with E-state index in [1.807, 2.05) is 20.8 Å². The van der Waals surface area contributed by atoms with Gasteiger partial charge in [-0.2, -0.15) is 0 Å². The largest absolute Gasteiger partial charge is 0.444 e. The van der Waals surface area contributed by atoms with Gasteiger partial charge in [0.25, 0.3) is 0 Å². The Morgan fingerprint density at radius 1 is 1.25 bits per heavy atom. The van der Waals surface area contributed by atoms with E-state index in [0.29, 0.717) is 12.1 Å². The Balaban J connectivity index is 1.83. The average Bonchev–Trinajstić information content (AvgIpc) is 2.51. The van der Waals surface area contributed by atoms with Crippen LogP contribution in [0.25, 0.3) is 0 Å². The van der Waals surface area contributed by atoms with Crippen LogP contribution in [-0.2, 0) is 4.74 Å². The predicted octanol–water partition coefficient (Wildman–Crippen LogP) is 1.79. The number of alkyl carbamates (subject to hydrolysis) is 1. The molecule has 2 aliphatic heterocycles. The minimum absolute atomic E-state index is 0.244. The second-order valence-electron chi connectivity index (χ2n) is 5.88. The van der Waals surface area contributed by atoms with E-state index in [0.717, 1.165) is 12.8 Å². The molecule has 2 rings (SSSR count). The topological polar surface area (TPSA) is 50.4 Å². The molecule has 2 bridgehead atoms. The van der Waals surface area contributed by atoms with Gasteiger partial charge in [0, 0.05) is 18.1 Å². The number of fused-ring (bicyclic) bond motifs is 2. The molecule has 0 aromatic rings. The second-order valence-corrected chi connectivity index (χ2v) is 5.88. The monoisotopic (exact) mass is 226 g/mol. The number of piperidine rings is 1. The summed E-state index contributed by atoms with van der Waals surface area (Å²) in [6.07, 6.45) is 4.37. The van der Waals surface area contributed by atoms with Gasteiger partial charge >= 0.3 is 6.09 Å². The first-order valence-electron chi connectivity index (χ1n) is 6.19. The Morgan fingerprint density at radius 2 is 1.94 bits per heavy atom. The van der Waals surface area contributed by atoms with Gasteiger partial charge in [-0.25, -0.2) is 4.79 Å². The minimum Gasteiger partial charge on any atom is -0.444 e. The van der Waals surface area contributed by atoms with Crippen LogP contribution in [-0.4, -0.2) is 29.8 Å². The highest BCUT2D eigenvalue weighted by molar-refractivity contribution is 5.68.